The van der Waals surface area contributed by atoms with Crippen LogP contribution in [0, 0.1) is 6.92 Å². The Kier molecular flexibility index (Phi) is 3.76. The van der Waals surface area contributed by atoms with E-state index in [4.69, 9.17) is 5.11 Å². The smallest absolute Gasteiger partial charge is 0.242 e. The number of rotatable bonds is 5. The van der Waals surface area contributed by atoms with Crippen LogP contribution < -0.4 is 4.72 Å². The fourth-order valence-corrected chi connectivity index (χ4v) is 4.15. The Bertz CT molecular complexity index is 618. The first kappa shape index (κ1) is 13.1. The van der Waals surface area contributed by atoms with Crippen molar-refractivity contribution in [1.82, 2.24) is 19.9 Å². The number of aliphatic hydroxyl groups is 1. The Morgan fingerprint density at radius 2 is 2.33 bits per heavy atom. The molecule has 9 heteroatoms. The zero-order chi connectivity index (χ0) is 13.2. The summed E-state index contributed by atoms with van der Waals surface area (Å²) in [6.45, 7) is 1.43. The Morgan fingerprint density at radius 1 is 1.56 bits per heavy atom. The van der Waals surface area contributed by atoms with Crippen LogP contribution in [-0.2, 0) is 23.2 Å². The van der Waals surface area contributed by atoms with Gasteiger partial charge in [0.05, 0.1) is 18.0 Å². The highest BCUT2D eigenvalue weighted by atomic mass is 32.2. The average molecular weight is 288 g/mol. The van der Waals surface area contributed by atoms with Crippen molar-refractivity contribution in [2.24, 2.45) is 0 Å². The molecule has 0 bridgehead atoms. The Balaban J connectivity index is 2.22. The number of hydrogen-bond acceptors (Lipinski definition) is 6. The van der Waals surface area contributed by atoms with Gasteiger partial charge in [-0.25, -0.2) is 18.1 Å². The van der Waals surface area contributed by atoms with Crippen LogP contribution in [0.15, 0.2) is 16.6 Å². The van der Waals surface area contributed by atoms with E-state index in [1.807, 2.05) is 0 Å². The number of thiophene rings is 1. The van der Waals surface area contributed by atoms with Crippen molar-refractivity contribution in [3.63, 3.8) is 0 Å². The fraction of sp³-hybridized carbons (Fsp3) is 0.333. The number of hydrogen-bond donors (Lipinski definition) is 3. The maximum atomic E-state index is 12.1. The Morgan fingerprint density at radius 3 is 2.94 bits per heavy atom. The van der Waals surface area contributed by atoms with Gasteiger partial charge in [-0.2, -0.15) is 5.10 Å². The van der Waals surface area contributed by atoms with Crippen molar-refractivity contribution >= 4 is 21.4 Å². The molecule has 0 aliphatic heterocycles. The maximum absolute atomic E-state index is 12.1. The summed E-state index contributed by atoms with van der Waals surface area (Å²) in [5, 5.41) is 17.0. The van der Waals surface area contributed by atoms with E-state index >= 15 is 0 Å². The van der Waals surface area contributed by atoms with Gasteiger partial charge in [0.2, 0.25) is 10.0 Å². The molecule has 3 N–H and O–H groups in total. The third kappa shape index (κ3) is 2.58. The van der Waals surface area contributed by atoms with Crippen LogP contribution in [0.2, 0.25) is 0 Å². The zero-order valence-corrected chi connectivity index (χ0v) is 11.2. The topological polar surface area (TPSA) is 108 Å². The Hall–Kier alpha value is -1.29. The predicted octanol–water partition coefficient (Wildman–Crippen LogP) is 0.145. The van der Waals surface area contributed by atoms with E-state index in [2.05, 4.69) is 19.9 Å². The molecule has 2 aromatic heterocycles. The molecule has 98 valence electrons. The van der Waals surface area contributed by atoms with Crippen molar-refractivity contribution in [3.05, 3.63) is 28.0 Å². The first-order valence-electron chi connectivity index (χ1n) is 5.06. The molecular formula is C9H12N4O3S2. The summed E-state index contributed by atoms with van der Waals surface area (Å²) < 4.78 is 26.6. The summed E-state index contributed by atoms with van der Waals surface area (Å²) in [5.41, 5.74) is 0.620. The van der Waals surface area contributed by atoms with Crippen LogP contribution in [0.3, 0.4) is 0 Å². The van der Waals surface area contributed by atoms with Gasteiger partial charge in [-0.05, 0) is 17.9 Å². The molecule has 2 heterocycles. The molecule has 2 rings (SSSR count). The number of H-pyrrole nitrogens is 1. The normalized spacial score (nSPS) is 11.9. The van der Waals surface area contributed by atoms with Crippen LogP contribution in [0.1, 0.15) is 16.3 Å². The van der Waals surface area contributed by atoms with Gasteiger partial charge < -0.3 is 5.11 Å². The summed E-state index contributed by atoms with van der Waals surface area (Å²) in [5.74, 6) is 0.428. The van der Waals surface area contributed by atoms with Gasteiger partial charge in [0.1, 0.15) is 17.0 Å². The summed E-state index contributed by atoms with van der Waals surface area (Å²) in [7, 11) is -3.65. The molecular weight excluding hydrogens is 276 g/mol. The quantitative estimate of drug-likeness (QED) is 0.725. The second-order valence-electron chi connectivity index (χ2n) is 3.59. The lowest BCUT2D eigenvalue weighted by molar-refractivity contribution is 0.282. The molecule has 0 unspecified atom stereocenters. The number of nitrogens with zero attached hydrogens (tertiary/aromatic N) is 2. The third-order valence-electron chi connectivity index (χ3n) is 2.30. The number of aliphatic hydroxyl groups excluding tert-OH is 1. The third-order valence-corrected chi connectivity index (χ3v) is 5.14. The first-order chi connectivity index (χ1) is 8.54. The van der Waals surface area contributed by atoms with Crippen molar-refractivity contribution in [2.45, 2.75) is 25.0 Å². The average Bonchev–Trinajstić information content (AvgIpc) is 2.95. The summed E-state index contributed by atoms with van der Waals surface area (Å²) in [6, 6.07) is 0. The number of aryl methyl sites for hydroxylation is 1. The lowest BCUT2D eigenvalue weighted by Gasteiger charge is -2.06. The van der Waals surface area contributed by atoms with Crippen LogP contribution in [0.5, 0.6) is 0 Å². The van der Waals surface area contributed by atoms with E-state index in [0.29, 0.717) is 16.3 Å². The molecule has 0 saturated carbocycles. The van der Waals surface area contributed by atoms with Gasteiger partial charge in [-0.3, -0.25) is 5.10 Å². The molecule has 7 nitrogen and oxygen atoms in total. The Labute approximate surface area is 108 Å². The van der Waals surface area contributed by atoms with E-state index < -0.39 is 10.0 Å². The summed E-state index contributed by atoms with van der Waals surface area (Å²) >= 11 is 1.22. The molecule has 0 fully saturated rings. The molecule has 0 aromatic carbocycles. The molecule has 2 aromatic rings. The largest absolute Gasteiger partial charge is 0.391 e. The standard InChI is InChI=1S/C9H12N4O3S2/c1-6-4-17-7(3-14)9(6)18(15,16)12-2-8-10-5-11-13-8/h4-5,12,14H,2-3H2,1H3,(H,10,11,13). The number of aromatic amines is 1. The van der Waals surface area contributed by atoms with Gasteiger partial charge in [0.15, 0.2) is 0 Å². The fourth-order valence-electron chi connectivity index (χ4n) is 1.51. The molecule has 0 radical (unpaired) electrons. The van der Waals surface area contributed by atoms with E-state index in [0.717, 1.165) is 0 Å². The highest BCUT2D eigenvalue weighted by molar-refractivity contribution is 7.89. The van der Waals surface area contributed by atoms with Gasteiger partial charge in [-0.1, -0.05) is 0 Å². The first-order valence-corrected chi connectivity index (χ1v) is 7.42. The SMILES string of the molecule is Cc1csc(CO)c1S(=O)(=O)NCc1ncn[nH]1. The zero-order valence-electron chi connectivity index (χ0n) is 9.54. The highest BCUT2D eigenvalue weighted by Crippen LogP contribution is 2.26. The van der Waals surface area contributed by atoms with Crippen molar-refractivity contribution in [1.29, 1.82) is 0 Å². The second-order valence-corrected chi connectivity index (χ2v) is 6.25. The van der Waals surface area contributed by atoms with E-state index in [1.54, 1.807) is 12.3 Å². The molecule has 18 heavy (non-hydrogen) atoms. The summed E-state index contributed by atoms with van der Waals surface area (Å²) in [4.78, 5) is 4.40. The lowest BCUT2D eigenvalue weighted by Crippen LogP contribution is -2.25. The molecule has 0 amide bonds. The number of nitrogens with one attached hydrogen (secondary N) is 2. The lowest BCUT2D eigenvalue weighted by atomic mass is 10.3. The van der Waals surface area contributed by atoms with Gasteiger partial charge >= 0.3 is 0 Å². The van der Waals surface area contributed by atoms with Crippen molar-refractivity contribution < 1.29 is 13.5 Å². The van der Waals surface area contributed by atoms with Crippen LogP contribution in [-0.4, -0.2) is 28.7 Å². The van der Waals surface area contributed by atoms with Gasteiger partial charge in [-0.15, -0.1) is 11.3 Å². The van der Waals surface area contributed by atoms with E-state index in [9.17, 15) is 8.42 Å². The minimum Gasteiger partial charge on any atom is -0.391 e. The van der Waals surface area contributed by atoms with E-state index in [1.165, 1.54) is 17.7 Å². The summed E-state index contributed by atoms with van der Waals surface area (Å²) in [6.07, 6.45) is 1.30. The second kappa shape index (κ2) is 5.14. The number of aromatic nitrogens is 3. The highest BCUT2D eigenvalue weighted by Gasteiger charge is 2.22. The van der Waals surface area contributed by atoms with Crippen molar-refractivity contribution in [3.8, 4) is 0 Å². The maximum Gasteiger partial charge on any atom is 0.242 e. The van der Waals surface area contributed by atoms with Crippen LogP contribution in [0.4, 0.5) is 0 Å². The predicted molar refractivity (Wildman–Crippen MR) is 65.4 cm³/mol. The van der Waals surface area contributed by atoms with Gasteiger partial charge in [0, 0.05) is 0 Å². The molecule has 0 saturated heterocycles. The molecule has 0 aliphatic carbocycles. The minimum absolute atomic E-state index is 0.0302. The van der Waals surface area contributed by atoms with Crippen LogP contribution in [0.25, 0.3) is 0 Å². The van der Waals surface area contributed by atoms with Gasteiger partial charge in [0.25, 0.3) is 0 Å². The van der Waals surface area contributed by atoms with Crippen molar-refractivity contribution in [2.75, 3.05) is 0 Å². The monoisotopic (exact) mass is 288 g/mol. The van der Waals surface area contributed by atoms with E-state index in [-0.39, 0.29) is 18.0 Å². The molecule has 0 atom stereocenters. The number of sulfonamides is 1. The molecule has 0 aliphatic rings. The molecule has 0 spiro atoms. The minimum atomic E-state index is -3.65. The van der Waals surface area contributed by atoms with Crippen LogP contribution >= 0.6 is 11.3 Å².